The first kappa shape index (κ1) is 8.44. The van der Waals surface area contributed by atoms with E-state index in [4.69, 9.17) is 5.73 Å². The second-order valence-corrected chi connectivity index (χ2v) is 2.48. The van der Waals surface area contributed by atoms with E-state index in [9.17, 15) is 0 Å². The van der Waals surface area contributed by atoms with Gasteiger partial charge >= 0.3 is 0 Å². The highest BCUT2D eigenvalue weighted by molar-refractivity contribution is 5.12. The van der Waals surface area contributed by atoms with Crippen LogP contribution in [-0.4, -0.2) is 6.54 Å². The van der Waals surface area contributed by atoms with Gasteiger partial charge in [0.1, 0.15) is 0 Å². The average molecular weight is 125 g/mol. The standard InChI is InChI=1S/C8H15N/c1-6(2)8(5-9)7(3)4/h8H,1,3,5,9H2,2,4H3. The Morgan fingerprint density at radius 2 is 1.67 bits per heavy atom. The van der Waals surface area contributed by atoms with Crippen molar-refractivity contribution in [3.63, 3.8) is 0 Å². The predicted molar refractivity (Wildman–Crippen MR) is 42.2 cm³/mol. The van der Waals surface area contributed by atoms with Crippen LogP contribution in [0.3, 0.4) is 0 Å². The van der Waals surface area contributed by atoms with Crippen LogP contribution in [0.5, 0.6) is 0 Å². The highest BCUT2D eigenvalue weighted by Crippen LogP contribution is 2.14. The van der Waals surface area contributed by atoms with Crippen molar-refractivity contribution in [1.29, 1.82) is 0 Å². The quantitative estimate of drug-likeness (QED) is 0.571. The zero-order chi connectivity index (χ0) is 7.44. The molecule has 0 aliphatic heterocycles. The summed E-state index contributed by atoms with van der Waals surface area (Å²) in [5.41, 5.74) is 7.66. The first-order valence-corrected chi connectivity index (χ1v) is 3.10. The van der Waals surface area contributed by atoms with Crippen LogP contribution < -0.4 is 5.73 Å². The molecule has 0 aliphatic carbocycles. The largest absolute Gasteiger partial charge is 0.330 e. The van der Waals surface area contributed by atoms with E-state index >= 15 is 0 Å². The third-order valence-corrected chi connectivity index (χ3v) is 1.43. The molecule has 0 bridgehead atoms. The molecule has 1 nitrogen and oxygen atoms in total. The van der Waals surface area contributed by atoms with E-state index in [0.29, 0.717) is 12.5 Å². The molecule has 0 atom stereocenters. The molecule has 0 amide bonds. The van der Waals surface area contributed by atoms with Gasteiger partial charge in [-0.05, 0) is 13.8 Å². The molecule has 0 aromatic heterocycles. The minimum atomic E-state index is 0.310. The van der Waals surface area contributed by atoms with E-state index in [1.54, 1.807) is 0 Å². The Bertz CT molecular complexity index is 111. The third kappa shape index (κ3) is 2.47. The Kier molecular flexibility index (Phi) is 3.25. The summed E-state index contributed by atoms with van der Waals surface area (Å²) < 4.78 is 0. The van der Waals surface area contributed by atoms with Gasteiger partial charge in [0.15, 0.2) is 0 Å². The summed E-state index contributed by atoms with van der Waals surface area (Å²) in [6.07, 6.45) is 0. The number of hydrogen-bond acceptors (Lipinski definition) is 1. The molecule has 1 heteroatoms. The predicted octanol–water partition coefficient (Wildman–Crippen LogP) is 1.71. The summed E-state index contributed by atoms with van der Waals surface area (Å²) in [5.74, 6) is 0.310. The summed E-state index contributed by atoms with van der Waals surface area (Å²) in [7, 11) is 0. The monoisotopic (exact) mass is 125 g/mol. The maximum absolute atomic E-state index is 5.45. The fourth-order valence-electron chi connectivity index (χ4n) is 0.823. The first-order valence-electron chi connectivity index (χ1n) is 3.10. The molecular weight excluding hydrogens is 110 g/mol. The van der Waals surface area contributed by atoms with E-state index in [1.165, 1.54) is 0 Å². The van der Waals surface area contributed by atoms with Crippen molar-refractivity contribution < 1.29 is 0 Å². The Morgan fingerprint density at radius 3 is 1.67 bits per heavy atom. The van der Waals surface area contributed by atoms with Crippen LogP contribution in [0.25, 0.3) is 0 Å². The lowest BCUT2D eigenvalue weighted by molar-refractivity contribution is 0.728. The normalized spacial score (nSPS) is 9.78. The lowest BCUT2D eigenvalue weighted by Crippen LogP contribution is -2.15. The molecule has 0 rings (SSSR count). The van der Waals surface area contributed by atoms with Crippen molar-refractivity contribution >= 4 is 0 Å². The van der Waals surface area contributed by atoms with E-state index in [2.05, 4.69) is 13.2 Å². The van der Waals surface area contributed by atoms with Gasteiger partial charge in [0, 0.05) is 12.5 Å². The molecule has 0 aromatic carbocycles. The lowest BCUT2D eigenvalue weighted by Gasteiger charge is -2.13. The molecule has 9 heavy (non-hydrogen) atoms. The van der Waals surface area contributed by atoms with Gasteiger partial charge in [0.25, 0.3) is 0 Å². The fourth-order valence-corrected chi connectivity index (χ4v) is 0.823. The Hall–Kier alpha value is -0.560. The Balaban J connectivity index is 3.99. The van der Waals surface area contributed by atoms with Gasteiger partial charge in [-0.3, -0.25) is 0 Å². The van der Waals surface area contributed by atoms with E-state index in [-0.39, 0.29) is 0 Å². The molecule has 0 spiro atoms. The molecular formula is C8H15N. The molecule has 52 valence electrons. The highest BCUT2D eigenvalue weighted by atomic mass is 14.5. The third-order valence-electron chi connectivity index (χ3n) is 1.43. The van der Waals surface area contributed by atoms with E-state index < -0.39 is 0 Å². The van der Waals surface area contributed by atoms with Crippen molar-refractivity contribution in [2.24, 2.45) is 11.7 Å². The molecule has 0 unspecified atom stereocenters. The number of hydrogen-bond donors (Lipinski definition) is 1. The molecule has 0 radical (unpaired) electrons. The summed E-state index contributed by atoms with van der Waals surface area (Å²) in [6, 6.07) is 0. The maximum Gasteiger partial charge on any atom is 0.0119 e. The minimum Gasteiger partial charge on any atom is -0.330 e. The van der Waals surface area contributed by atoms with Gasteiger partial charge in [0.2, 0.25) is 0 Å². The maximum atomic E-state index is 5.45. The van der Waals surface area contributed by atoms with E-state index in [1.807, 2.05) is 13.8 Å². The van der Waals surface area contributed by atoms with Crippen molar-refractivity contribution in [3.8, 4) is 0 Å². The number of rotatable bonds is 3. The van der Waals surface area contributed by atoms with Crippen LogP contribution in [0.15, 0.2) is 24.3 Å². The highest BCUT2D eigenvalue weighted by Gasteiger charge is 2.05. The van der Waals surface area contributed by atoms with Gasteiger partial charge in [-0.1, -0.05) is 24.3 Å². The van der Waals surface area contributed by atoms with Crippen molar-refractivity contribution in [3.05, 3.63) is 24.3 Å². The van der Waals surface area contributed by atoms with Gasteiger partial charge in [-0.15, -0.1) is 0 Å². The Labute approximate surface area is 57.3 Å². The van der Waals surface area contributed by atoms with Crippen LogP contribution in [0, 0.1) is 5.92 Å². The van der Waals surface area contributed by atoms with Gasteiger partial charge in [-0.25, -0.2) is 0 Å². The first-order chi connectivity index (χ1) is 4.09. The van der Waals surface area contributed by atoms with Crippen LogP contribution >= 0.6 is 0 Å². The summed E-state index contributed by atoms with van der Waals surface area (Å²) >= 11 is 0. The Morgan fingerprint density at radius 1 is 1.33 bits per heavy atom. The van der Waals surface area contributed by atoms with Crippen LogP contribution in [0.4, 0.5) is 0 Å². The molecule has 0 fully saturated rings. The smallest absolute Gasteiger partial charge is 0.0119 e. The molecule has 0 saturated carbocycles. The summed E-state index contributed by atoms with van der Waals surface area (Å²) in [4.78, 5) is 0. The topological polar surface area (TPSA) is 26.0 Å². The van der Waals surface area contributed by atoms with Crippen molar-refractivity contribution in [1.82, 2.24) is 0 Å². The average Bonchev–Trinajstić information content (AvgIpc) is 1.64. The number of nitrogens with two attached hydrogens (primary N) is 1. The van der Waals surface area contributed by atoms with Crippen LogP contribution in [0.2, 0.25) is 0 Å². The summed E-state index contributed by atoms with van der Waals surface area (Å²) in [5, 5.41) is 0. The lowest BCUT2D eigenvalue weighted by atomic mass is 9.95. The SMILES string of the molecule is C=C(C)C(CN)C(=C)C. The van der Waals surface area contributed by atoms with Crippen molar-refractivity contribution in [2.45, 2.75) is 13.8 Å². The van der Waals surface area contributed by atoms with Crippen LogP contribution in [-0.2, 0) is 0 Å². The second kappa shape index (κ2) is 3.46. The van der Waals surface area contributed by atoms with Crippen molar-refractivity contribution in [2.75, 3.05) is 6.54 Å². The molecule has 0 saturated heterocycles. The zero-order valence-corrected chi connectivity index (χ0v) is 6.28. The van der Waals surface area contributed by atoms with Gasteiger partial charge in [0.05, 0.1) is 0 Å². The molecule has 2 N–H and O–H groups in total. The molecule has 0 aromatic rings. The molecule has 0 heterocycles. The summed E-state index contributed by atoms with van der Waals surface area (Å²) in [6.45, 7) is 12.2. The van der Waals surface area contributed by atoms with Gasteiger partial charge < -0.3 is 5.73 Å². The van der Waals surface area contributed by atoms with Crippen LogP contribution in [0.1, 0.15) is 13.8 Å². The zero-order valence-electron chi connectivity index (χ0n) is 6.28. The van der Waals surface area contributed by atoms with E-state index in [0.717, 1.165) is 11.1 Å². The van der Waals surface area contributed by atoms with Gasteiger partial charge in [-0.2, -0.15) is 0 Å². The minimum absolute atomic E-state index is 0.310. The molecule has 0 aliphatic rings. The fraction of sp³-hybridized carbons (Fsp3) is 0.500. The second-order valence-electron chi connectivity index (χ2n) is 2.48.